The molecular formula is C24H25Br2N5O4. The van der Waals surface area contributed by atoms with Gasteiger partial charge in [0.15, 0.2) is 5.78 Å². The zero-order chi connectivity index (χ0) is 25.3. The van der Waals surface area contributed by atoms with Crippen molar-refractivity contribution in [2.24, 2.45) is 5.73 Å². The minimum Gasteiger partial charge on any atom is -0.397 e. The third-order valence-electron chi connectivity index (χ3n) is 6.46. The lowest BCUT2D eigenvalue weighted by molar-refractivity contribution is -0.132. The van der Waals surface area contributed by atoms with Crippen LogP contribution in [0.1, 0.15) is 52.0 Å². The number of hydrogen-bond acceptors (Lipinski definition) is 5. The molecule has 0 saturated carbocycles. The summed E-state index contributed by atoms with van der Waals surface area (Å²) < 4.78 is 1.25. The Balaban J connectivity index is 1.30. The third kappa shape index (κ3) is 5.51. The number of piperidine rings is 1. The van der Waals surface area contributed by atoms with Gasteiger partial charge in [0.05, 0.1) is 5.69 Å². The first-order valence-electron chi connectivity index (χ1n) is 11.2. The molecule has 0 radical (unpaired) electrons. The van der Waals surface area contributed by atoms with Crippen LogP contribution in [-0.4, -0.2) is 52.6 Å². The second-order valence-corrected chi connectivity index (χ2v) is 10.4. The van der Waals surface area contributed by atoms with Crippen molar-refractivity contribution in [2.75, 3.05) is 24.1 Å². The Labute approximate surface area is 219 Å². The van der Waals surface area contributed by atoms with E-state index >= 15 is 0 Å². The number of nitrogens with one attached hydrogen (secondary N) is 1. The van der Waals surface area contributed by atoms with Gasteiger partial charge in [-0.1, -0.05) is 6.07 Å². The maximum absolute atomic E-state index is 12.7. The van der Waals surface area contributed by atoms with Gasteiger partial charge in [-0.3, -0.25) is 14.4 Å². The van der Waals surface area contributed by atoms with Gasteiger partial charge in [-0.05, 0) is 74.5 Å². The molecule has 2 aliphatic rings. The summed E-state index contributed by atoms with van der Waals surface area (Å²) >= 11 is 6.67. The van der Waals surface area contributed by atoms with E-state index in [1.165, 1.54) is 0 Å². The molecule has 9 nitrogen and oxygen atoms in total. The van der Waals surface area contributed by atoms with Crippen LogP contribution in [0.3, 0.4) is 0 Å². The van der Waals surface area contributed by atoms with Gasteiger partial charge in [0.1, 0.15) is 0 Å². The second kappa shape index (κ2) is 10.4. The zero-order valence-corrected chi connectivity index (χ0v) is 22.0. The van der Waals surface area contributed by atoms with Crippen LogP contribution in [0, 0.1) is 0 Å². The van der Waals surface area contributed by atoms with E-state index < -0.39 is 5.91 Å². The average molecular weight is 607 g/mol. The van der Waals surface area contributed by atoms with Gasteiger partial charge in [-0.2, -0.15) is 0 Å². The number of halogens is 2. The van der Waals surface area contributed by atoms with E-state index in [9.17, 15) is 19.2 Å². The number of amides is 4. The number of likely N-dealkylation sites (tertiary alicyclic amines) is 1. The number of anilines is 2. The number of primary amides is 1. The van der Waals surface area contributed by atoms with Crippen LogP contribution >= 0.6 is 31.9 Å². The Morgan fingerprint density at radius 1 is 1.00 bits per heavy atom. The maximum Gasteiger partial charge on any atom is 0.322 e. The topological polar surface area (TPSA) is 139 Å². The highest BCUT2D eigenvalue weighted by molar-refractivity contribution is 9.11. The van der Waals surface area contributed by atoms with Crippen LogP contribution in [0.25, 0.3) is 0 Å². The Bertz CT molecular complexity index is 1190. The number of urea groups is 1. The van der Waals surface area contributed by atoms with Gasteiger partial charge in [0.2, 0.25) is 11.8 Å². The number of rotatable bonds is 6. The van der Waals surface area contributed by atoms with E-state index in [2.05, 4.69) is 37.2 Å². The lowest BCUT2D eigenvalue weighted by Crippen LogP contribution is -2.51. The van der Waals surface area contributed by atoms with Gasteiger partial charge in [0.25, 0.3) is 0 Å². The molecule has 1 fully saturated rings. The second-order valence-electron chi connectivity index (χ2n) is 8.68. The number of benzene rings is 2. The third-order valence-corrected chi connectivity index (χ3v) is 7.77. The quantitative estimate of drug-likeness (QED) is 0.338. The van der Waals surface area contributed by atoms with E-state index in [1.807, 2.05) is 0 Å². The molecule has 0 aromatic heterocycles. The number of nitrogens with two attached hydrogens (primary N) is 2. The minimum absolute atomic E-state index is 0.00544. The van der Waals surface area contributed by atoms with Crippen molar-refractivity contribution in [3.63, 3.8) is 0 Å². The standard InChI is InChI=1S/C24H25Br2N5O4/c25-17-9-15(10-18(26)22(17)27)20(32)3-4-21(33)30-7-5-16(6-8-30)31-12-14-2-1-13(23(28)34)11-19(14)29-24(31)35/h1-2,9-11,16H,3-8,12,27H2,(H2,28,34)(H,29,35). The maximum atomic E-state index is 12.7. The van der Waals surface area contributed by atoms with Crippen LogP contribution in [0.5, 0.6) is 0 Å². The summed E-state index contributed by atoms with van der Waals surface area (Å²) in [6.45, 7) is 1.47. The van der Waals surface area contributed by atoms with Crippen LogP contribution in [0.2, 0.25) is 0 Å². The van der Waals surface area contributed by atoms with Crippen molar-refractivity contribution in [3.05, 3.63) is 56.0 Å². The van der Waals surface area contributed by atoms with E-state index in [-0.39, 0.29) is 36.6 Å². The summed E-state index contributed by atoms with van der Waals surface area (Å²) in [7, 11) is 0. The van der Waals surface area contributed by atoms with Gasteiger partial charge in [-0.15, -0.1) is 0 Å². The molecule has 2 heterocycles. The number of hydrogen-bond donors (Lipinski definition) is 3. The average Bonchev–Trinajstić information content (AvgIpc) is 2.84. The largest absolute Gasteiger partial charge is 0.397 e. The summed E-state index contributed by atoms with van der Waals surface area (Å²) in [6, 6.07) is 8.14. The molecule has 11 heteroatoms. The van der Waals surface area contributed by atoms with Crippen LogP contribution in [0.15, 0.2) is 39.3 Å². The molecule has 184 valence electrons. The molecule has 2 aromatic carbocycles. The van der Waals surface area contributed by atoms with E-state index in [1.54, 1.807) is 40.1 Å². The number of Topliss-reactive ketones (excluding diaryl/α,β-unsaturated/α-hetero) is 1. The van der Waals surface area contributed by atoms with Gasteiger partial charge >= 0.3 is 6.03 Å². The van der Waals surface area contributed by atoms with E-state index in [4.69, 9.17) is 11.5 Å². The van der Waals surface area contributed by atoms with E-state index in [0.717, 1.165) is 5.56 Å². The Kier molecular flexibility index (Phi) is 7.46. The fraction of sp³-hybridized carbons (Fsp3) is 0.333. The SMILES string of the molecule is NC(=O)c1ccc2c(c1)NC(=O)N(C1CCN(C(=O)CCC(=O)c3cc(Br)c(N)c(Br)c3)CC1)C2. The molecule has 0 unspecified atom stereocenters. The predicted molar refractivity (Wildman–Crippen MR) is 139 cm³/mol. The summed E-state index contributed by atoms with van der Waals surface area (Å²) in [5, 5.41) is 2.84. The molecule has 2 aliphatic heterocycles. The molecule has 0 bridgehead atoms. The Hall–Kier alpha value is -2.92. The summed E-state index contributed by atoms with van der Waals surface area (Å²) in [5.74, 6) is -0.743. The lowest BCUT2D eigenvalue weighted by Gasteiger charge is -2.40. The highest BCUT2D eigenvalue weighted by Gasteiger charge is 2.33. The normalized spacial score (nSPS) is 16.0. The molecule has 4 amide bonds. The first-order valence-corrected chi connectivity index (χ1v) is 12.8. The monoisotopic (exact) mass is 605 g/mol. The molecule has 0 spiro atoms. The summed E-state index contributed by atoms with van der Waals surface area (Å²) in [4.78, 5) is 52.9. The first kappa shape index (κ1) is 25.2. The molecule has 2 aromatic rings. The molecule has 0 atom stereocenters. The highest BCUT2D eigenvalue weighted by Crippen LogP contribution is 2.31. The minimum atomic E-state index is -0.544. The summed E-state index contributed by atoms with van der Waals surface area (Å²) in [6.07, 6.45) is 1.54. The van der Waals surface area contributed by atoms with Gasteiger partial charge in [0, 0.05) is 64.3 Å². The molecule has 5 N–H and O–H groups in total. The highest BCUT2D eigenvalue weighted by atomic mass is 79.9. The van der Waals surface area contributed by atoms with Crippen molar-refractivity contribution >= 4 is 66.9 Å². The van der Waals surface area contributed by atoms with Crippen molar-refractivity contribution in [1.29, 1.82) is 0 Å². The number of ketones is 1. The first-order chi connectivity index (χ1) is 16.6. The van der Waals surface area contributed by atoms with Crippen LogP contribution in [0.4, 0.5) is 16.2 Å². The zero-order valence-electron chi connectivity index (χ0n) is 18.9. The van der Waals surface area contributed by atoms with Crippen molar-refractivity contribution in [3.8, 4) is 0 Å². The van der Waals surface area contributed by atoms with Crippen molar-refractivity contribution < 1.29 is 19.2 Å². The van der Waals surface area contributed by atoms with Crippen LogP contribution in [-0.2, 0) is 11.3 Å². The lowest BCUT2D eigenvalue weighted by atomic mass is 9.99. The molecular weight excluding hydrogens is 582 g/mol. The molecule has 4 rings (SSSR count). The Morgan fingerprint density at radius 2 is 1.66 bits per heavy atom. The smallest absolute Gasteiger partial charge is 0.322 e. The Morgan fingerprint density at radius 3 is 2.29 bits per heavy atom. The molecule has 0 aliphatic carbocycles. The molecule has 1 saturated heterocycles. The van der Waals surface area contributed by atoms with Crippen molar-refractivity contribution in [1.82, 2.24) is 9.80 Å². The number of carbonyl (C=O) groups excluding carboxylic acids is 4. The number of nitrogen functional groups attached to an aromatic ring is 1. The van der Waals surface area contributed by atoms with Gasteiger partial charge in [-0.25, -0.2) is 4.79 Å². The van der Waals surface area contributed by atoms with Gasteiger partial charge < -0.3 is 26.6 Å². The van der Waals surface area contributed by atoms with Crippen molar-refractivity contribution in [2.45, 2.75) is 38.3 Å². The predicted octanol–water partition coefficient (Wildman–Crippen LogP) is 3.89. The number of nitrogens with zero attached hydrogens (tertiary/aromatic N) is 2. The van der Waals surface area contributed by atoms with E-state index in [0.29, 0.717) is 63.9 Å². The fourth-order valence-corrected chi connectivity index (χ4v) is 5.60. The fourth-order valence-electron chi connectivity index (χ4n) is 4.42. The summed E-state index contributed by atoms with van der Waals surface area (Å²) in [5.41, 5.74) is 14.1. The number of carbonyl (C=O) groups is 4. The van der Waals surface area contributed by atoms with Crippen LogP contribution < -0.4 is 16.8 Å². The molecule has 35 heavy (non-hydrogen) atoms. The number of fused-ring (bicyclic) bond motifs is 1.